The fraction of sp³-hybridized carbons (Fsp3) is 0.727. The molecule has 0 amide bonds. The molecule has 0 N–H and O–H groups in total. The highest BCUT2D eigenvalue weighted by molar-refractivity contribution is 7.67. The highest BCUT2D eigenvalue weighted by Gasteiger charge is 2.38. The lowest BCUT2D eigenvalue weighted by molar-refractivity contribution is -0.136. The van der Waals surface area contributed by atoms with Gasteiger partial charge in [0.1, 0.15) is 0 Å². The third kappa shape index (κ3) is 7.32. The quantitative estimate of drug-likeness (QED) is 0.422. The molecule has 1 atom stereocenters. The molecule has 1 unspecified atom stereocenters. The van der Waals surface area contributed by atoms with Crippen LogP contribution in [0.4, 0.5) is 13.2 Å². The molecule has 0 aliphatic rings. The molecule has 0 aliphatic carbocycles. The first-order chi connectivity index (χ1) is 12.0. The Labute approximate surface area is 167 Å². The summed E-state index contributed by atoms with van der Waals surface area (Å²) in [6.07, 6.45) is -1.32. The van der Waals surface area contributed by atoms with Gasteiger partial charge in [0.15, 0.2) is 0 Å². The van der Waals surface area contributed by atoms with E-state index in [1.165, 1.54) is 12.1 Å². The molecule has 1 aromatic carbocycles. The molecule has 27 heavy (non-hydrogen) atoms. The Hall–Kier alpha value is -0.130. The van der Waals surface area contributed by atoms with Gasteiger partial charge in [-0.2, -0.15) is 13.2 Å². The number of hydrogen-bond acceptors (Lipinski definition) is 0. The van der Waals surface area contributed by atoms with E-state index in [-0.39, 0.29) is 23.4 Å². The highest BCUT2D eigenvalue weighted by Crippen LogP contribution is 2.60. The van der Waals surface area contributed by atoms with E-state index in [4.69, 9.17) is 0 Å². The molecule has 0 heterocycles. The van der Waals surface area contributed by atoms with Gasteiger partial charge in [-0.25, -0.2) is 0 Å². The Balaban J connectivity index is 3.10. The van der Waals surface area contributed by atoms with Gasteiger partial charge in [-0.15, -0.1) is 0 Å². The summed E-state index contributed by atoms with van der Waals surface area (Å²) in [7, 11) is -1.11. The monoisotopic (exact) mass is 420 g/mol. The lowest BCUT2D eigenvalue weighted by atomic mass is 10.2. The van der Waals surface area contributed by atoms with E-state index in [0.717, 1.165) is 18.7 Å². The van der Waals surface area contributed by atoms with Crippen LogP contribution in [0.2, 0.25) is 0 Å². The summed E-state index contributed by atoms with van der Waals surface area (Å²) in [5.74, 6) is 0. The molecular formula is C22H37F3P2. The van der Waals surface area contributed by atoms with Gasteiger partial charge in [0.05, 0.1) is 5.56 Å². The molecule has 5 heteroatoms. The van der Waals surface area contributed by atoms with Crippen LogP contribution in [0, 0.1) is 0 Å². The Bertz CT molecular complexity index is 588. The number of benzene rings is 1. The van der Waals surface area contributed by atoms with Crippen molar-refractivity contribution in [1.82, 2.24) is 0 Å². The molecule has 0 aliphatic heterocycles. The van der Waals surface area contributed by atoms with Crippen molar-refractivity contribution >= 4 is 21.1 Å². The summed E-state index contributed by atoms with van der Waals surface area (Å²) >= 11 is 0. The number of alkyl halides is 3. The van der Waals surface area contributed by atoms with Crippen LogP contribution in [0.1, 0.15) is 74.3 Å². The minimum Gasteiger partial charge on any atom is -0.166 e. The van der Waals surface area contributed by atoms with E-state index in [2.05, 4.69) is 62.3 Å². The second-order valence-electron chi connectivity index (χ2n) is 10.2. The summed E-state index contributed by atoms with van der Waals surface area (Å²) < 4.78 is 40.7. The maximum absolute atomic E-state index is 13.6. The van der Waals surface area contributed by atoms with Crippen LogP contribution >= 0.6 is 15.8 Å². The predicted octanol–water partition coefficient (Wildman–Crippen LogP) is 8.08. The van der Waals surface area contributed by atoms with Gasteiger partial charge in [-0.1, -0.05) is 96.4 Å². The second kappa shape index (κ2) is 8.71. The van der Waals surface area contributed by atoms with Crippen molar-refractivity contribution in [3.63, 3.8) is 0 Å². The Morgan fingerprint density at radius 2 is 1.19 bits per heavy atom. The molecule has 0 radical (unpaired) electrons. The van der Waals surface area contributed by atoms with E-state index in [1.54, 1.807) is 12.1 Å². The first-order valence-electron chi connectivity index (χ1n) is 9.67. The molecule has 156 valence electrons. The van der Waals surface area contributed by atoms with Gasteiger partial charge < -0.3 is 0 Å². The molecule has 0 saturated heterocycles. The lowest BCUT2D eigenvalue weighted by Gasteiger charge is -2.42. The van der Waals surface area contributed by atoms with Crippen molar-refractivity contribution in [2.75, 3.05) is 12.3 Å². The summed E-state index contributed by atoms with van der Waals surface area (Å²) in [5.41, 5.74) is -0.444. The average molecular weight is 420 g/mol. The fourth-order valence-corrected chi connectivity index (χ4v) is 10.8. The van der Waals surface area contributed by atoms with Crippen LogP contribution in [0.3, 0.4) is 0 Å². The van der Waals surface area contributed by atoms with Gasteiger partial charge in [0, 0.05) is 0 Å². The van der Waals surface area contributed by atoms with E-state index >= 15 is 0 Å². The molecule has 1 rings (SSSR count). The Kier molecular flexibility index (Phi) is 8.03. The first-order valence-corrected chi connectivity index (χ1v) is 12.7. The standard InChI is InChI=1S/C22H37F3P2/c1-19(2,3)26(18-14-11-10-13-17(18)22(23,24)25)15-12-16-27(20(4,5)6)21(7,8)9/h10-11,13-14H,12,15-16H2,1-9H3. The zero-order chi connectivity index (χ0) is 21.3. The third-order valence-corrected chi connectivity index (χ3v) is 12.0. The van der Waals surface area contributed by atoms with Crippen molar-refractivity contribution in [2.45, 2.75) is 90.4 Å². The third-order valence-electron chi connectivity index (χ3n) is 4.69. The largest absolute Gasteiger partial charge is 0.417 e. The number of rotatable bonds is 5. The number of halogens is 3. The molecule has 0 bridgehead atoms. The van der Waals surface area contributed by atoms with Crippen LogP contribution in [0.25, 0.3) is 0 Å². The van der Waals surface area contributed by atoms with E-state index < -0.39 is 19.7 Å². The SMILES string of the molecule is CC(C)(C)P(CCCP(C(C)(C)C)C(C)(C)C)c1ccccc1C(F)(F)F. The number of hydrogen-bond donors (Lipinski definition) is 0. The maximum Gasteiger partial charge on any atom is 0.417 e. The van der Waals surface area contributed by atoms with Crippen LogP contribution in [-0.4, -0.2) is 27.8 Å². The predicted molar refractivity (Wildman–Crippen MR) is 119 cm³/mol. The smallest absolute Gasteiger partial charge is 0.166 e. The summed E-state index contributed by atoms with van der Waals surface area (Å²) in [6.45, 7) is 20.1. The van der Waals surface area contributed by atoms with Crippen LogP contribution in [-0.2, 0) is 6.18 Å². The van der Waals surface area contributed by atoms with Crippen molar-refractivity contribution in [1.29, 1.82) is 0 Å². The highest BCUT2D eigenvalue weighted by atomic mass is 31.1. The lowest BCUT2D eigenvalue weighted by Crippen LogP contribution is -2.29. The van der Waals surface area contributed by atoms with Crippen LogP contribution < -0.4 is 5.30 Å². The Morgan fingerprint density at radius 1 is 0.704 bits per heavy atom. The molecule has 0 saturated carbocycles. The second-order valence-corrected chi connectivity index (χ2v) is 17.3. The van der Waals surface area contributed by atoms with Gasteiger partial charge in [-0.05, 0) is 45.6 Å². The van der Waals surface area contributed by atoms with Gasteiger partial charge in [0.25, 0.3) is 0 Å². The Morgan fingerprint density at radius 3 is 1.59 bits per heavy atom. The van der Waals surface area contributed by atoms with Gasteiger partial charge in [0.2, 0.25) is 0 Å². The molecular weight excluding hydrogens is 383 g/mol. The molecule has 0 aromatic heterocycles. The van der Waals surface area contributed by atoms with Crippen molar-refractivity contribution in [3.8, 4) is 0 Å². The summed E-state index contributed by atoms with van der Waals surface area (Å²) in [5, 5.41) is 0.871. The average Bonchev–Trinajstić information content (AvgIpc) is 2.42. The first kappa shape index (κ1) is 24.9. The molecule has 1 aromatic rings. The van der Waals surface area contributed by atoms with Crippen molar-refractivity contribution in [3.05, 3.63) is 29.8 Å². The topological polar surface area (TPSA) is 0 Å². The maximum atomic E-state index is 13.6. The van der Waals surface area contributed by atoms with E-state index in [0.29, 0.717) is 5.30 Å². The van der Waals surface area contributed by atoms with Gasteiger partial charge in [-0.3, -0.25) is 0 Å². The van der Waals surface area contributed by atoms with E-state index in [9.17, 15) is 13.2 Å². The fourth-order valence-electron chi connectivity index (χ4n) is 3.83. The van der Waals surface area contributed by atoms with Gasteiger partial charge >= 0.3 is 6.18 Å². The minimum atomic E-state index is -4.29. The molecule has 0 fully saturated rings. The van der Waals surface area contributed by atoms with E-state index in [1.807, 2.05) is 0 Å². The summed E-state index contributed by atoms with van der Waals surface area (Å²) in [6, 6.07) is 6.20. The molecule has 0 nitrogen and oxygen atoms in total. The minimum absolute atomic E-state index is 0.150. The molecule has 0 spiro atoms. The van der Waals surface area contributed by atoms with Crippen LogP contribution in [0.15, 0.2) is 24.3 Å². The van der Waals surface area contributed by atoms with Crippen molar-refractivity contribution < 1.29 is 13.2 Å². The van der Waals surface area contributed by atoms with Crippen LogP contribution in [0.5, 0.6) is 0 Å². The van der Waals surface area contributed by atoms with Crippen molar-refractivity contribution in [2.24, 2.45) is 0 Å². The zero-order valence-corrected chi connectivity index (χ0v) is 20.2. The normalized spacial score (nSPS) is 15.3. The summed E-state index contributed by atoms with van der Waals surface area (Å²) in [4.78, 5) is 0. The zero-order valence-electron chi connectivity index (χ0n) is 18.5.